The minimum Gasteiger partial charge on any atom is -0.444 e. The van der Waals surface area contributed by atoms with E-state index in [1.54, 1.807) is 18.2 Å². The lowest BCUT2D eigenvalue weighted by Crippen LogP contribution is -2.33. The third-order valence-corrected chi connectivity index (χ3v) is 3.95. The molecule has 0 unspecified atom stereocenters. The van der Waals surface area contributed by atoms with Gasteiger partial charge in [0, 0.05) is 17.7 Å². The van der Waals surface area contributed by atoms with Crippen molar-refractivity contribution >= 4 is 18.0 Å². The van der Waals surface area contributed by atoms with Gasteiger partial charge in [-0.25, -0.2) is 4.79 Å². The number of esters is 1. The van der Waals surface area contributed by atoms with Crippen LogP contribution in [-0.2, 0) is 14.3 Å². The predicted molar refractivity (Wildman–Crippen MR) is 96.7 cm³/mol. The second-order valence-corrected chi connectivity index (χ2v) is 6.26. The van der Waals surface area contributed by atoms with E-state index in [-0.39, 0.29) is 11.9 Å². The Labute approximate surface area is 147 Å². The van der Waals surface area contributed by atoms with Crippen LogP contribution in [0.15, 0.2) is 60.7 Å². The number of hydrogen-bond acceptors (Lipinski definition) is 3. The summed E-state index contributed by atoms with van der Waals surface area (Å²) in [5.74, 6) is -0.813. The van der Waals surface area contributed by atoms with Gasteiger partial charge in [0.15, 0.2) is 0 Å². The van der Waals surface area contributed by atoms with Crippen LogP contribution in [-0.4, -0.2) is 17.9 Å². The van der Waals surface area contributed by atoms with Crippen LogP contribution in [0.25, 0.3) is 6.08 Å². The Balaban J connectivity index is 1.70. The Morgan fingerprint density at radius 2 is 1.88 bits per heavy atom. The molecule has 128 valence electrons. The largest absolute Gasteiger partial charge is 0.444 e. The molecular formula is C21H21NO3. The number of benzene rings is 2. The third kappa shape index (κ3) is 5.05. The number of rotatable bonds is 6. The molecule has 0 aromatic heterocycles. The summed E-state index contributed by atoms with van der Waals surface area (Å²) in [5.41, 5.74) is 2.69. The van der Waals surface area contributed by atoms with E-state index in [0.29, 0.717) is 5.56 Å². The highest BCUT2D eigenvalue weighted by atomic mass is 16.5. The molecule has 1 atom stereocenters. The van der Waals surface area contributed by atoms with Crippen LogP contribution in [0, 0.1) is 6.92 Å². The van der Waals surface area contributed by atoms with Crippen molar-refractivity contribution in [1.82, 2.24) is 5.32 Å². The van der Waals surface area contributed by atoms with Gasteiger partial charge in [-0.3, -0.25) is 4.79 Å². The predicted octanol–water partition coefficient (Wildman–Crippen LogP) is 3.57. The van der Waals surface area contributed by atoms with Gasteiger partial charge in [0.1, 0.15) is 0 Å². The molecule has 2 aromatic carbocycles. The zero-order valence-electron chi connectivity index (χ0n) is 14.1. The molecule has 1 N–H and O–H groups in total. The maximum atomic E-state index is 12.4. The van der Waals surface area contributed by atoms with Gasteiger partial charge >= 0.3 is 5.97 Å². The van der Waals surface area contributed by atoms with Gasteiger partial charge in [0.2, 0.25) is 6.10 Å². The van der Waals surface area contributed by atoms with Crippen LogP contribution < -0.4 is 5.32 Å². The highest BCUT2D eigenvalue weighted by molar-refractivity contribution is 5.91. The highest BCUT2D eigenvalue weighted by Gasteiger charge is 2.30. The first-order chi connectivity index (χ1) is 12.1. The van der Waals surface area contributed by atoms with E-state index in [2.05, 4.69) is 5.32 Å². The van der Waals surface area contributed by atoms with E-state index in [1.165, 1.54) is 6.08 Å². The fraction of sp³-hybridized carbons (Fsp3) is 0.238. The molecule has 0 radical (unpaired) electrons. The van der Waals surface area contributed by atoms with Crippen LogP contribution in [0.5, 0.6) is 0 Å². The smallest absolute Gasteiger partial charge is 0.331 e. The number of hydrogen-bond donors (Lipinski definition) is 1. The molecule has 1 fully saturated rings. The molecule has 25 heavy (non-hydrogen) atoms. The quantitative estimate of drug-likeness (QED) is 0.648. The zero-order chi connectivity index (χ0) is 17.6. The number of carbonyl (C=O) groups excluding carboxylic acids is 2. The summed E-state index contributed by atoms with van der Waals surface area (Å²) in [5, 5.41) is 2.90. The normalized spacial score (nSPS) is 14.9. The maximum absolute atomic E-state index is 12.4. The van der Waals surface area contributed by atoms with Crippen LogP contribution in [0.4, 0.5) is 0 Å². The summed E-state index contributed by atoms with van der Waals surface area (Å²) in [6, 6.07) is 17.1. The van der Waals surface area contributed by atoms with Crippen molar-refractivity contribution in [1.29, 1.82) is 0 Å². The molecule has 1 amide bonds. The van der Waals surface area contributed by atoms with Crippen molar-refractivity contribution in [2.24, 2.45) is 0 Å². The fourth-order valence-corrected chi connectivity index (χ4v) is 2.50. The fourth-order valence-electron chi connectivity index (χ4n) is 2.50. The van der Waals surface area contributed by atoms with Gasteiger partial charge in [-0.2, -0.15) is 0 Å². The van der Waals surface area contributed by atoms with Crippen molar-refractivity contribution in [2.75, 3.05) is 0 Å². The standard InChI is InChI=1S/C21H21NO3/c1-15-6-5-7-16(14-15)10-13-19(23)25-20(17-8-3-2-4-9-17)21(24)22-18-11-12-18/h2-10,13-14,18,20H,11-12H2,1H3,(H,22,24)/b13-10+/t20-/m1/s1. The Kier molecular flexibility index (Phi) is 5.29. The summed E-state index contributed by atoms with van der Waals surface area (Å²) in [6.07, 6.45) is 4.07. The lowest BCUT2D eigenvalue weighted by atomic mass is 10.1. The molecule has 0 heterocycles. The van der Waals surface area contributed by atoms with Crippen LogP contribution in [0.1, 0.15) is 35.6 Å². The molecule has 0 spiro atoms. The average molecular weight is 335 g/mol. The van der Waals surface area contributed by atoms with Crippen LogP contribution in [0.2, 0.25) is 0 Å². The van der Waals surface area contributed by atoms with Crippen molar-refractivity contribution in [3.63, 3.8) is 0 Å². The molecule has 1 saturated carbocycles. The van der Waals surface area contributed by atoms with E-state index in [1.807, 2.05) is 49.4 Å². The number of carbonyl (C=O) groups is 2. The summed E-state index contributed by atoms with van der Waals surface area (Å²) in [7, 11) is 0. The van der Waals surface area contributed by atoms with E-state index < -0.39 is 12.1 Å². The Morgan fingerprint density at radius 3 is 2.56 bits per heavy atom. The van der Waals surface area contributed by atoms with E-state index in [4.69, 9.17) is 4.74 Å². The molecule has 1 aliphatic carbocycles. The van der Waals surface area contributed by atoms with Crippen LogP contribution >= 0.6 is 0 Å². The summed E-state index contributed by atoms with van der Waals surface area (Å²) < 4.78 is 5.44. The van der Waals surface area contributed by atoms with Gasteiger partial charge in [-0.1, -0.05) is 60.2 Å². The molecule has 0 saturated heterocycles. The average Bonchev–Trinajstić information content (AvgIpc) is 3.42. The summed E-state index contributed by atoms with van der Waals surface area (Å²) in [4.78, 5) is 24.6. The number of ether oxygens (including phenoxy) is 1. The first-order valence-corrected chi connectivity index (χ1v) is 8.42. The minimum atomic E-state index is -0.934. The van der Waals surface area contributed by atoms with E-state index >= 15 is 0 Å². The number of aryl methyl sites for hydroxylation is 1. The van der Waals surface area contributed by atoms with Gasteiger partial charge in [-0.05, 0) is 31.4 Å². The van der Waals surface area contributed by atoms with Gasteiger partial charge in [0.05, 0.1) is 0 Å². The summed E-state index contributed by atoms with van der Waals surface area (Å²) in [6.45, 7) is 1.99. The lowest BCUT2D eigenvalue weighted by Gasteiger charge is -2.17. The highest BCUT2D eigenvalue weighted by Crippen LogP contribution is 2.23. The Morgan fingerprint density at radius 1 is 1.12 bits per heavy atom. The molecule has 4 nitrogen and oxygen atoms in total. The van der Waals surface area contributed by atoms with E-state index in [0.717, 1.165) is 24.0 Å². The topological polar surface area (TPSA) is 55.4 Å². The molecular weight excluding hydrogens is 314 g/mol. The maximum Gasteiger partial charge on any atom is 0.331 e. The molecule has 0 aliphatic heterocycles. The van der Waals surface area contributed by atoms with Crippen molar-refractivity contribution in [3.8, 4) is 0 Å². The van der Waals surface area contributed by atoms with Crippen LogP contribution in [0.3, 0.4) is 0 Å². The van der Waals surface area contributed by atoms with Gasteiger partial charge in [-0.15, -0.1) is 0 Å². The zero-order valence-corrected chi connectivity index (χ0v) is 14.1. The molecule has 2 aromatic rings. The Bertz CT molecular complexity index is 779. The monoisotopic (exact) mass is 335 g/mol. The van der Waals surface area contributed by atoms with Crippen molar-refractivity contribution in [3.05, 3.63) is 77.4 Å². The van der Waals surface area contributed by atoms with Gasteiger partial charge in [0.25, 0.3) is 5.91 Å². The Hall–Kier alpha value is -2.88. The number of nitrogens with one attached hydrogen (secondary N) is 1. The first-order valence-electron chi connectivity index (χ1n) is 8.42. The molecule has 1 aliphatic rings. The second-order valence-electron chi connectivity index (χ2n) is 6.26. The van der Waals surface area contributed by atoms with Crippen molar-refractivity contribution in [2.45, 2.75) is 31.9 Å². The molecule has 0 bridgehead atoms. The molecule has 3 rings (SSSR count). The van der Waals surface area contributed by atoms with E-state index in [9.17, 15) is 9.59 Å². The first kappa shape index (κ1) is 17.0. The van der Waals surface area contributed by atoms with Crippen molar-refractivity contribution < 1.29 is 14.3 Å². The minimum absolute atomic E-state index is 0.209. The lowest BCUT2D eigenvalue weighted by molar-refractivity contribution is -0.151. The SMILES string of the molecule is Cc1cccc(/C=C/C(=O)O[C@@H](C(=O)NC2CC2)c2ccccc2)c1. The number of amides is 1. The second kappa shape index (κ2) is 7.79. The van der Waals surface area contributed by atoms with Gasteiger partial charge < -0.3 is 10.1 Å². The molecule has 4 heteroatoms. The summed E-state index contributed by atoms with van der Waals surface area (Å²) >= 11 is 0. The third-order valence-electron chi connectivity index (χ3n) is 3.95.